The van der Waals surface area contributed by atoms with Crippen LogP contribution in [0.2, 0.25) is 0 Å². The Bertz CT molecular complexity index is 1330. The highest BCUT2D eigenvalue weighted by atomic mass is 32.2. The Kier molecular flexibility index (Phi) is 7.31. The number of hydrogen-bond donors (Lipinski definition) is 2. The fraction of sp³-hybridized carbons (Fsp3) is 0.185. The zero-order valence-electron chi connectivity index (χ0n) is 20.1. The number of nitrogens with one attached hydrogen (secondary N) is 2. The van der Waals surface area contributed by atoms with E-state index in [4.69, 9.17) is 0 Å². The van der Waals surface area contributed by atoms with Gasteiger partial charge in [0.05, 0.1) is 5.25 Å². The zero-order chi connectivity index (χ0) is 24.9. The molecule has 3 aromatic carbocycles. The number of hydrogen-bond acceptors (Lipinski definition) is 5. The molecule has 0 saturated heterocycles. The molecule has 0 radical (unpaired) electrons. The smallest absolute Gasteiger partial charge is 0.255 e. The van der Waals surface area contributed by atoms with Crippen molar-refractivity contribution in [3.8, 4) is 11.4 Å². The van der Waals surface area contributed by atoms with Crippen LogP contribution in [0.25, 0.3) is 11.4 Å². The van der Waals surface area contributed by atoms with Crippen LogP contribution in [0.5, 0.6) is 0 Å². The molecule has 4 aromatic rings. The van der Waals surface area contributed by atoms with Gasteiger partial charge in [-0.1, -0.05) is 48.2 Å². The van der Waals surface area contributed by atoms with Gasteiger partial charge in [-0.05, 0) is 68.3 Å². The number of thioether (sulfide) groups is 1. The van der Waals surface area contributed by atoms with Crippen LogP contribution in [0.15, 0.2) is 78.0 Å². The first-order valence-electron chi connectivity index (χ1n) is 11.2. The largest absolute Gasteiger partial charge is 0.325 e. The Labute approximate surface area is 209 Å². The molecule has 7 nitrogen and oxygen atoms in total. The third kappa shape index (κ3) is 5.60. The van der Waals surface area contributed by atoms with E-state index in [0.29, 0.717) is 22.2 Å². The first-order chi connectivity index (χ1) is 16.8. The van der Waals surface area contributed by atoms with Crippen molar-refractivity contribution in [3.05, 3.63) is 89.5 Å². The molecule has 1 atom stereocenters. The molecule has 0 bridgehead atoms. The third-order valence-corrected chi connectivity index (χ3v) is 6.79. The van der Waals surface area contributed by atoms with Gasteiger partial charge in [0.25, 0.3) is 5.91 Å². The number of aromatic nitrogens is 3. The lowest BCUT2D eigenvalue weighted by Crippen LogP contribution is -2.23. The molecule has 1 heterocycles. The topological polar surface area (TPSA) is 88.9 Å². The summed E-state index contributed by atoms with van der Waals surface area (Å²) >= 11 is 1.35. The van der Waals surface area contributed by atoms with Crippen molar-refractivity contribution in [2.45, 2.75) is 31.2 Å². The second-order valence-electron chi connectivity index (χ2n) is 8.28. The summed E-state index contributed by atoms with van der Waals surface area (Å²) in [5.74, 6) is 0.426. The Hall–Kier alpha value is -3.91. The third-order valence-electron chi connectivity index (χ3n) is 5.65. The molecule has 0 fully saturated rings. The van der Waals surface area contributed by atoms with Gasteiger partial charge in [0.1, 0.15) is 0 Å². The highest BCUT2D eigenvalue weighted by Gasteiger charge is 2.20. The number of aryl methyl sites for hydroxylation is 2. The molecule has 0 aliphatic heterocycles. The molecule has 0 spiro atoms. The SMILES string of the molecule is Cc1cccc(C)c1NC(=O)[C@H](C)Sc1nnc(-c2ccc(NC(=O)c3ccccc3)cc2)n1C. The van der Waals surface area contributed by atoms with Crippen molar-refractivity contribution in [1.29, 1.82) is 0 Å². The Morgan fingerprint density at radius 1 is 0.857 bits per heavy atom. The second-order valence-corrected chi connectivity index (χ2v) is 9.59. The van der Waals surface area contributed by atoms with Crippen molar-refractivity contribution >= 4 is 35.0 Å². The summed E-state index contributed by atoms with van der Waals surface area (Å²) in [7, 11) is 1.87. The first kappa shape index (κ1) is 24.2. The Morgan fingerprint density at radius 3 is 2.17 bits per heavy atom. The zero-order valence-corrected chi connectivity index (χ0v) is 20.9. The molecule has 2 amide bonds. The summed E-state index contributed by atoms with van der Waals surface area (Å²) < 4.78 is 1.87. The van der Waals surface area contributed by atoms with Gasteiger partial charge in [-0.15, -0.1) is 10.2 Å². The summed E-state index contributed by atoms with van der Waals surface area (Å²) in [5.41, 5.74) is 5.05. The van der Waals surface area contributed by atoms with Crippen LogP contribution in [-0.4, -0.2) is 31.8 Å². The molecule has 4 rings (SSSR count). The number of para-hydroxylation sites is 1. The van der Waals surface area contributed by atoms with Gasteiger partial charge in [-0.3, -0.25) is 9.59 Å². The van der Waals surface area contributed by atoms with Crippen molar-refractivity contribution < 1.29 is 9.59 Å². The van der Waals surface area contributed by atoms with Crippen molar-refractivity contribution in [1.82, 2.24) is 14.8 Å². The summed E-state index contributed by atoms with van der Waals surface area (Å²) in [5, 5.41) is 14.8. The minimum absolute atomic E-state index is 0.0875. The van der Waals surface area contributed by atoms with Crippen LogP contribution in [0.3, 0.4) is 0 Å². The predicted molar refractivity (Wildman–Crippen MR) is 141 cm³/mol. The highest BCUT2D eigenvalue weighted by Crippen LogP contribution is 2.28. The van der Waals surface area contributed by atoms with Crippen molar-refractivity contribution in [2.24, 2.45) is 7.05 Å². The molecule has 178 valence electrons. The standard InChI is InChI=1S/C27H27N5O2S/c1-17-9-8-10-18(2)23(17)29-25(33)19(3)35-27-31-30-24(32(27)4)20-13-15-22(16-14-20)28-26(34)21-11-6-5-7-12-21/h5-16,19H,1-4H3,(H,28,34)(H,29,33)/t19-/m0/s1. The minimum atomic E-state index is -0.361. The van der Waals surface area contributed by atoms with Gasteiger partial charge >= 0.3 is 0 Å². The summed E-state index contributed by atoms with van der Waals surface area (Å²) in [6.07, 6.45) is 0. The first-order valence-corrected chi connectivity index (χ1v) is 12.1. The van der Waals surface area contributed by atoms with Crippen LogP contribution in [0.1, 0.15) is 28.4 Å². The molecular formula is C27H27N5O2S. The second kappa shape index (κ2) is 10.6. The molecule has 0 saturated carbocycles. The van der Waals surface area contributed by atoms with Gasteiger partial charge in [0.15, 0.2) is 11.0 Å². The van der Waals surface area contributed by atoms with E-state index in [1.807, 2.05) is 93.0 Å². The number of carbonyl (C=O) groups excluding carboxylic acids is 2. The van der Waals surface area contributed by atoms with Gasteiger partial charge < -0.3 is 15.2 Å². The van der Waals surface area contributed by atoms with Gasteiger partial charge in [0, 0.05) is 29.5 Å². The molecule has 0 aliphatic rings. The van der Waals surface area contributed by atoms with Crippen molar-refractivity contribution in [2.75, 3.05) is 10.6 Å². The average Bonchev–Trinajstić information content (AvgIpc) is 3.22. The molecule has 2 N–H and O–H groups in total. The molecule has 35 heavy (non-hydrogen) atoms. The molecule has 1 aromatic heterocycles. The minimum Gasteiger partial charge on any atom is -0.325 e. The predicted octanol–water partition coefficient (Wildman–Crippen LogP) is 5.47. The summed E-state index contributed by atoms with van der Waals surface area (Å²) in [4.78, 5) is 25.2. The fourth-order valence-corrected chi connectivity index (χ4v) is 4.43. The number of nitrogens with zero attached hydrogens (tertiary/aromatic N) is 3. The Morgan fingerprint density at radius 2 is 1.51 bits per heavy atom. The normalized spacial score (nSPS) is 11.7. The number of amides is 2. The Balaban J connectivity index is 1.42. The lowest BCUT2D eigenvalue weighted by molar-refractivity contribution is -0.115. The molecule has 8 heteroatoms. The number of carbonyl (C=O) groups is 2. The van der Waals surface area contributed by atoms with E-state index in [1.165, 1.54) is 11.8 Å². The maximum atomic E-state index is 12.8. The summed E-state index contributed by atoms with van der Waals surface area (Å²) in [6, 6.07) is 22.4. The van der Waals surface area contributed by atoms with E-state index in [1.54, 1.807) is 12.1 Å². The molecule has 0 unspecified atom stereocenters. The van der Waals surface area contributed by atoms with Crippen LogP contribution in [0.4, 0.5) is 11.4 Å². The molecule has 0 aliphatic carbocycles. The van der Waals surface area contributed by atoms with Crippen molar-refractivity contribution in [3.63, 3.8) is 0 Å². The highest BCUT2D eigenvalue weighted by molar-refractivity contribution is 8.00. The summed E-state index contributed by atoms with van der Waals surface area (Å²) in [6.45, 7) is 5.81. The van der Waals surface area contributed by atoms with E-state index < -0.39 is 0 Å². The monoisotopic (exact) mass is 485 g/mol. The number of rotatable bonds is 7. The maximum Gasteiger partial charge on any atom is 0.255 e. The van der Waals surface area contributed by atoms with Gasteiger partial charge in [0.2, 0.25) is 5.91 Å². The van der Waals surface area contributed by atoms with Crippen LogP contribution in [-0.2, 0) is 11.8 Å². The van der Waals surface area contributed by atoms with Gasteiger partial charge in [-0.2, -0.15) is 0 Å². The lowest BCUT2D eigenvalue weighted by Gasteiger charge is -2.15. The maximum absolute atomic E-state index is 12.8. The van der Waals surface area contributed by atoms with Crippen LogP contribution in [0, 0.1) is 13.8 Å². The quantitative estimate of drug-likeness (QED) is 0.339. The van der Waals surface area contributed by atoms with E-state index in [0.717, 1.165) is 22.4 Å². The number of benzene rings is 3. The lowest BCUT2D eigenvalue weighted by atomic mass is 10.1. The van der Waals surface area contributed by atoms with E-state index in [9.17, 15) is 9.59 Å². The number of anilines is 2. The van der Waals surface area contributed by atoms with E-state index in [-0.39, 0.29) is 17.1 Å². The average molecular weight is 486 g/mol. The van der Waals surface area contributed by atoms with Gasteiger partial charge in [-0.25, -0.2) is 0 Å². The van der Waals surface area contributed by atoms with Crippen LogP contribution >= 0.6 is 11.8 Å². The van der Waals surface area contributed by atoms with Crippen LogP contribution < -0.4 is 10.6 Å². The van der Waals surface area contributed by atoms with E-state index >= 15 is 0 Å². The molecular weight excluding hydrogens is 458 g/mol. The van der Waals surface area contributed by atoms with E-state index in [2.05, 4.69) is 20.8 Å². The fourth-order valence-electron chi connectivity index (χ4n) is 3.61.